The highest BCUT2D eigenvalue weighted by atomic mass is 15.3. The van der Waals surface area contributed by atoms with Crippen LogP contribution in [0, 0.1) is 0 Å². The molecule has 1 aromatic heterocycles. The third-order valence-electron chi connectivity index (χ3n) is 2.89. The van der Waals surface area contributed by atoms with Crippen molar-refractivity contribution in [1.82, 2.24) is 9.78 Å². The van der Waals surface area contributed by atoms with E-state index in [2.05, 4.69) is 25.1 Å². The Morgan fingerprint density at radius 3 is 2.56 bits per heavy atom. The van der Waals surface area contributed by atoms with Crippen LogP contribution in [-0.4, -0.2) is 9.78 Å². The van der Waals surface area contributed by atoms with E-state index in [1.165, 1.54) is 0 Å². The predicted molar refractivity (Wildman–Crippen MR) is 67.1 cm³/mol. The topological polar surface area (TPSA) is 43.8 Å². The normalized spacial score (nSPS) is 12.6. The first kappa shape index (κ1) is 10.7. The molecule has 1 aromatic carbocycles. The van der Waals surface area contributed by atoms with Gasteiger partial charge in [0.15, 0.2) is 0 Å². The fraction of sp³-hybridized carbons (Fsp3) is 0.308. The van der Waals surface area contributed by atoms with Gasteiger partial charge in [0.25, 0.3) is 0 Å². The second-order valence-electron chi connectivity index (χ2n) is 4.09. The van der Waals surface area contributed by atoms with E-state index >= 15 is 0 Å². The van der Waals surface area contributed by atoms with Gasteiger partial charge in [-0.3, -0.25) is 4.68 Å². The van der Waals surface area contributed by atoms with E-state index in [9.17, 15) is 0 Å². The Balaban J connectivity index is 2.28. The Hall–Kier alpha value is -1.77. The van der Waals surface area contributed by atoms with Crippen molar-refractivity contribution in [2.75, 3.05) is 5.73 Å². The molecule has 0 saturated carbocycles. The molecule has 0 radical (unpaired) electrons. The lowest BCUT2D eigenvalue weighted by Crippen LogP contribution is -2.03. The van der Waals surface area contributed by atoms with Gasteiger partial charge in [-0.15, -0.1) is 0 Å². The van der Waals surface area contributed by atoms with E-state index in [0.717, 1.165) is 23.2 Å². The Morgan fingerprint density at radius 2 is 1.94 bits per heavy atom. The van der Waals surface area contributed by atoms with Crippen molar-refractivity contribution in [3.63, 3.8) is 0 Å². The molecular weight excluding hydrogens is 198 g/mol. The van der Waals surface area contributed by atoms with Gasteiger partial charge in [0.1, 0.15) is 0 Å². The van der Waals surface area contributed by atoms with Gasteiger partial charge in [-0.2, -0.15) is 5.10 Å². The zero-order valence-electron chi connectivity index (χ0n) is 9.72. The van der Waals surface area contributed by atoms with E-state index in [-0.39, 0.29) is 0 Å². The SMILES string of the molecule is CCC(C)n1cc(-c2ccc(N)cc2)cn1. The zero-order valence-corrected chi connectivity index (χ0v) is 9.72. The maximum Gasteiger partial charge on any atom is 0.0568 e. The van der Waals surface area contributed by atoms with Crippen molar-refractivity contribution < 1.29 is 0 Å². The summed E-state index contributed by atoms with van der Waals surface area (Å²) in [4.78, 5) is 0. The van der Waals surface area contributed by atoms with Gasteiger partial charge in [0.2, 0.25) is 0 Å². The van der Waals surface area contributed by atoms with Crippen molar-refractivity contribution >= 4 is 5.69 Å². The van der Waals surface area contributed by atoms with Crippen LogP contribution in [0.25, 0.3) is 11.1 Å². The standard InChI is InChI=1S/C13H17N3/c1-3-10(2)16-9-12(8-15-16)11-4-6-13(14)7-5-11/h4-10H,3,14H2,1-2H3. The van der Waals surface area contributed by atoms with E-state index in [4.69, 9.17) is 5.73 Å². The molecule has 1 heterocycles. The molecule has 0 saturated heterocycles. The number of nitrogen functional groups attached to an aromatic ring is 1. The first-order valence-corrected chi connectivity index (χ1v) is 5.60. The molecule has 0 aliphatic rings. The molecule has 0 amide bonds. The van der Waals surface area contributed by atoms with Crippen molar-refractivity contribution in [2.45, 2.75) is 26.3 Å². The average molecular weight is 215 g/mol. The van der Waals surface area contributed by atoms with Crippen LogP contribution in [0.15, 0.2) is 36.7 Å². The molecular formula is C13H17N3. The minimum Gasteiger partial charge on any atom is -0.399 e. The van der Waals surface area contributed by atoms with E-state index in [1.54, 1.807) is 0 Å². The fourth-order valence-corrected chi connectivity index (χ4v) is 1.59. The molecule has 0 bridgehead atoms. The molecule has 2 N–H and O–H groups in total. The number of rotatable bonds is 3. The highest BCUT2D eigenvalue weighted by molar-refractivity contribution is 5.63. The number of benzene rings is 1. The summed E-state index contributed by atoms with van der Waals surface area (Å²) in [7, 11) is 0. The third kappa shape index (κ3) is 2.08. The highest BCUT2D eigenvalue weighted by Crippen LogP contribution is 2.21. The maximum absolute atomic E-state index is 5.66. The van der Waals surface area contributed by atoms with Crippen LogP contribution in [-0.2, 0) is 0 Å². The first-order chi connectivity index (χ1) is 7.70. The number of hydrogen-bond acceptors (Lipinski definition) is 2. The lowest BCUT2D eigenvalue weighted by molar-refractivity contribution is 0.478. The highest BCUT2D eigenvalue weighted by Gasteiger charge is 2.05. The molecule has 0 aliphatic carbocycles. The number of anilines is 1. The number of aromatic nitrogens is 2. The molecule has 0 aliphatic heterocycles. The molecule has 2 rings (SSSR count). The number of hydrogen-bond donors (Lipinski definition) is 1. The fourth-order valence-electron chi connectivity index (χ4n) is 1.59. The van der Waals surface area contributed by atoms with Gasteiger partial charge < -0.3 is 5.73 Å². The quantitative estimate of drug-likeness (QED) is 0.799. The largest absolute Gasteiger partial charge is 0.399 e. The average Bonchev–Trinajstić information content (AvgIpc) is 2.78. The summed E-state index contributed by atoms with van der Waals surface area (Å²) in [6, 6.07) is 8.31. The number of nitrogens with zero attached hydrogens (tertiary/aromatic N) is 2. The summed E-state index contributed by atoms with van der Waals surface area (Å²) in [5.74, 6) is 0. The van der Waals surface area contributed by atoms with Gasteiger partial charge in [0, 0.05) is 23.5 Å². The smallest absolute Gasteiger partial charge is 0.0568 e. The maximum atomic E-state index is 5.66. The summed E-state index contributed by atoms with van der Waals surface area (Å²) in [5.41, 5.74) is 8.74. The van der Waals surface area contributed by atoms with Gasteiger partial charge in [-0.1, -0.05) is 19.1 Å². The van der Waals surface area contributed by atoms with Crippen LogP contribution < -0.4 is 5.73 Å². The second kappa shape index (κ2) is 4.39. The monoisotopic (exact) mass is 215 g/mol. The second-order valence-corrected chi connectivity index (χ2v) is 4.09. The summed E-state index contributed by atoms with van der Waals surface area (Å²) in [6.45, 7) is 4.33. The summed E-state index contributed by atoms with van der Waals surface area (Å²) < 4.78 is 2.01. The van der Waals surface area contributed by atoms with Crippen LogP contribution in [0.1, 0.15) is 26.3 Å². The van der Waals surface area contributed by atoms with E-state index < -0.39 is 0 Å². The Morgan fingerprint density at radius 1 is 1.25 bits per heavy atom. The summed E-state index contributed by atoms with van der Waals surface area (Å²) in [5, 5.41) is 4.37. The predicted octanol–water partition coefficient (Wildman–Crippen LogP) is 3.10. The van der Waals surface area contributed by atoms with Crippen LogP contribution in [0.4, 0.5) is 5.69 Å². The third-order valence-corrected chi connectivity index (χ3v) is 2.89. The van der Waals surface area contributed by atoms with Gasteiger partial charge >= 0.3 is 0 Å². The van der Waals surface area contributed by atoms with Crippen molar-refractivity contribution in [3.8, 4) is 11.1 Å². The lowest BCUT2D eigenvalue weighted by Gasteiger charge is -2.07. The molecule has 3 nitrogen and oxygen atoms in total. The van der Waals surface area contributed by atoms with E-state index in [1.807, 2.05) is 35.1 Å². The number of nitrogens with two attached hydrogens (primary N) is 1. The molecule has 2 aromatic rings. The lowest BCUT2D eigenvalue weighted by atomic mass is 10.1. The van der Waals surface area contributed by atoms with Crippen molar-refractivity contribution in [2.24, 2.45) is 0 Å². The van der Waals surface area contributed by atoms with Crippen molar-refractivity contribution in [3.05, 3.63) is 36.7 Å². The molecule has 84 valence electrons. The summed E-state index contributed by atoms with van der Waals surface area (Å²) >= 11 is 0. The van der Waals surface area contributed by atoms with Gasteiger partial charge in [-0.05, 0) is 31.0 Å². The molecule has 1 unspecified atom stereocenters. The molecule has 1 atom stereocenters. The summed E-state index contributed by atoms with van der Waals surface area (Å²) in [6.07, 6.45) is 5.07. The van der Waals surface area contributed by atoms with Crippen LogP contribution in [0.2, 0.25) is 0 Å². The van der Waals surface area contributed by atoms with Crippen LogP contribution in [0.3, 0.4) is 0 Å². The minimum absolute atomic E-state index is 0.447. The van der Waals surface area contributed by atoms with Gasteiger partial charge in [-0.25, -0.2) is 0 Å². The van der Waals surface area contributed by atoms with E-state index in [0.29, 0.717) is 6.04 Å². The zero-order chi connectivity index (χ0) is 11.5. The first-order valence-electron chi connectivity index (χ1n) is 5.60. The molecule has 3 heteroatoms. The Bertz CT molecular complexity index is 456. The Kier molecular flexibility index (Phi) is 2.95. The van der Waals surface area contributed by atoms with Crippen molar-refractivity contribution in [1.29, 1.82) is 0 Å². The van der Waals surface area contributed by atoms with Crippen LogP contribution in [0.5, 0.6) is 0 Å². The van der Waals surface area contributed by atoms with Crippen LogP contribution >= 0.6 is 0 Å². The minimum atomic E-state index is 0.447. The molecule has 16 heavy (non-hydrogen) atoms. The van der Waals surface area contributed by atoms with Gasteiger partial charge in [0.05, 0.1) is 6.20 Å². The Labute approximate surface area is 95.9 Å². The molecule has 0 spiro atoms. The molecule has 0 fully saturated rings.